The highest BCUT2D eigenvalue weighted by atomic mass is 32.2. The highest BCUT2D eigenvalue weighted by Gasteiger charge is 2.31. The molecular weight excluding hydrogens is 356 g/mol. The number of nitrogens with one attached hydrogen (secondary N) is 1. The van der Waals surface area contributed by atoms with E-state index in [1.54, 1.807) is 30.3 Å². The molecule has 0 aromatic heterocycles. The van der Waals surface area contributed by atoms with Gasteiger partial charge in [-0.25, -0.2) is 8.42 Å². The topological polar surface area (TPSA) is 107 Å². The van der Waals surface area contributed by atoms with Gasteiger partial charge in [0.2, 0.25) is 15.9 Å². The van der Waals surface area contributed by atoms with Gasteiger partial charge < -0.3 is 15.2 Å². The fraction of sp³-hybridized carbons (Fsp3) is 0.556. The Morgan fingerprint density at radius 2 is 1.73 bits per heavy atom. The number of carbonyl (C=O) groups is 2. The van der Waals surface area contributed by atoms with Crippen molar-refractivity contribution in [2.45, 2.75) is 43.4 Å². The van der Waals surface area contributed by atoms with Crippen LogP contribution in [0.15, 0.2) is 35.2 Å². The predicted molar refractivity (Wildman–Crippen MR) is 94.4 cm³/mol. The van der Waals surface area contributed by atoms with Gasteiger partial charge in [-0.2, -0.15) is 4.31 Å². The molecule has 2 rings (SSSR count). The number of hydrogen-bond acceptors (Lipinski definition) is 5. The van der Waals surface area contributed by atoms with Crippen molar-refractivity contribution in [3.63, 3.8) is 0 Å². The first-order valence-corrected chi connectivity index (χ1v) is 10.4. The lowest BCUT2D eigenvalue weighted by molar-refractivity contribution is -0.305. The Morgan fingerprint density at radius 3 is 2.35 bits per heavy atom. The van der Waals surface area contributed by atoms with E-state index in [0.29, 0.717) is 38.9 Å². The highest BCUT2D eigenvalue weighted by Crippen LogP contribution is 2.23. The quantitative estimate of drug-likeness (QED) is 0.628. The standard InChI is InChI=1S/C18H26N2O5S/c21-17(22)9-5-2-6-12-19-18(23)15-10-13-20(14-11-15)26(24,25)16-7-3-1-4-8-16/h1,3-4,7-8,15H,2,5-6,9-14H2,(H,19,23)(H,21,22)/p-1. The first-order valence-electron chi connectivity index (χ1n) is 8.94. The molecular formula is C18H25N2O5S-. The van der Waals surface area contributed by atoms with Gasteiger partial charge in [0.1, 0.15) is 0 Å². The van der Waals surface area contributed by atoms with Gasteiger partial charge in [0.25, 0.3) is 0 Å². The zero-order valence-electron chi connectivity index (χ0n) is 14.7. The maximum atomic E-state index is 12.6. The second kappa shape index (κ2) is 9.68. The molecule has 0 radical (unpaired) electrons. The van der Waals surface area contributed by atoms with Gasteiger partial charge in [-0.05, 0) is 44.2 Å². The molecule has 7 nitrogen and oxygen atoms in total. The summed E-state index contributed by atoms with van der Waals surface area (Å²) in [7, 11) is -3.50. The maximum Gasteiger partial charge on any atom is 0.243 e. The Bertz CT molecular complexity index is 698. The van der Waals surface area contributed by atoms with Crippen molar-refractivity contribution in [1.29, 1.82) is 0 Å². The number of amides is 1. The van der Waals surface area contributed by atoms with E-state index in [-0.39, 0.29) is 23.1 Å². The minimum atomic E-state index is -3.50. The van der Waals surface area contributed by atoms with E-state index in [2.05, 4.69) is 5.32 Å². The Kier molecular flexibility index (Phi) is 7.59. The molecule has 0 saturated carbocycles. The number of rotatable bonds is 9. The van der Waals surface area contributed by atoms with Gasteiger partial charge >= 0.3 is 0 Å². The molecule has 1 N–H and O–H groups in total. The lowest BCUT2D eigenvalue weighted by Gasteiger charge is -2.30. The number of carboxylic acids is 1. The second-order valence-corrected chi connectivity index (χ2v) is 8.40. The summed E-state index contributed by atoms with van der Waals surface area (Å²) in [5, 5.41) is 13.2. The summed E-state index contributed by atoms with van der Waals surface area (Å²) in [6.45, 7) is 1.18. The second-order valence-electron chi connectivity index (χ2n) is 6.47. The van der Waals surface area contributed by atoms with Crippen LogP contribution in [0.4, 0.5) is 0 Å². The van der Waals surface area contributed by atoms with Gasteiger partial charge in [-0.1, -0.05) is 24.6 Å². The molecule has 0 bridgehead atoms. The van der Waals surface area contributed by atoms with E-state index >= 15 is 0 Å². The molecule has 1 fully saturated rings. The number of carboxylic acid groups (broad SMARTS) is 1. The van der Waals surface area contributed by atoms with Crippen molar-refractivity contribution in [1.82, 2.24) is 9.62 Å². The summed E-state index contributed by atoms with van der Waals surface area (Å²) >= 11 is 0. The molecule has 0 aliphatic carbocycles. The molecule has 0 atom stereocenters. The normalized spacial score (nSPS) is 16.3. The van der Waals surface area contributed by atoms with Gasteiger partial charge in [0.15, 0.2) is 0 Å². The SMILES string of the molecule is O=C([O-])CCCCCNC(=O)C1CCN(S(=O)(=O)c2ccccc2)CC1. The van der Waals surface area contributed by atoms with Gasteiger partial charge in [0.05, 0.1) is 4.90 Å². The van der Waals surface area contributed by atoms with Crippen molar-refractivity contribution in [2.24, 2.45) is 5.92 Å². The maximum absolute atomic E-state index is 12.6. The van der Waals surface area contributed by atoms with Gasteiger partial charge in [-0.15, -0.1) is 0 Å². The summed E-state index contributed by atoms with van der Waals surface area (Å²) < 4.78 is 26.6. The Balaban J connectivity index is 1.72. The van der Waals surface area contributed by atoms with Crippen molar-refractivity contribution in [2.75, 3.05) is 19.6 Å². The average molecular weight is 381 g/mol. The largest absolute Gasteiger partial charge is 0.550 e. The number of sulfonamides is 1. The van der Waals surface area contributed by atoms with E-state index in [1.807, 2.05) is 0 Å². The van der Waals surface area contributed by atoms with E-state index in [0.717, 1.165) is 12.8 Å². The minimum Gasteiger partial charge on any atom is -0.550 e. The first-order chi connectivity index (χ1) is 12.4. The van der Waals surface area contributed by atoms with Crippen LogP contribution in [-0.4, -0.2) is 44.2 Å². The number of piperidine rings is 1. The summed E-state index contributed by atoms with van der Waals surface area (Å²) in [6, 6.07) is 8.32. The number of hydrogen-bond donors (Lipinski definition) is 1. The summed E-state index contributed by atoms with van der Waals surface area (Å²) in [4.78, 5) is 22.8. The molecule has 1 amide bonds. The Morgan fingerprint density at radius 1 is 1.08 bits per heavy atom. The minimum absolute atomic E-state index is 0.0439. The van der Waals surface area contributed by atoms with Crippen LogP contribution in [0.25, 0.3) is 0 Å². The molecule has 1 aliphatic rings. The average Bonchev–Trinajstić information content (AvgIpc) is 2.65. The highest BCUT2D eigenvalue weighted by molar-refractivity contribution is 7.89. The van der Waals surface area contributed by atoms with E-state index in [1.165, 1.54) is 4.31 Å². The fourth-order valence-electron chi connectivity index (χ4n) is 3.03. The summed E-state index contributed by atoms with van der Waals surface area (Å²) in [6.07, 6.45) is 3.05. The fourth-order valence-corrected chi connectivity index (χ4v) is 4.52. The summed E-state index contributed by atoms with van der Waals surface area (Å²) in [5.41, 5.74) is 0. The lowest BCUT2D eigenvalue weighted by Crippen LogP contribution is -2.43. The van der Waals surface area contributed by atoms with Crippen LogP contribution in [0.2, 0.25) is 0 Å². The van der Waals surface area contributed by atoms with Gasteiger partial charge in [-0.3, -0.25) is 4.79 Å². The zero-order chi connectivity index (χ0) is 19.0. The van der Waals surface area contributed by atoms with E-state index in [4.69, 9.17) is 0 Å². The molecule has 0 unspecified atom stereocenters. The molecule has 1 aromatic carbocycles. The molecule has 1 aromatic rings. The molecule has 1 heterocycles. The van der Waals surface area contributed by atoms with Crippen LogP contribution in [-0.2, 0) is 19.6 Å². The molecule has 0 spiro atoms. The number of unbranched alkanes of at least 4 members (excludes halogenated alkanes) is 2. The molecule has 26 heavy (non-hydrogen) atoms. The van der Waals surface area contributed by atoms with Crippen molar-refractivity contribution in [3.05, 3.63) is 30.3 Å². The van der Waals surface area contributed by atoms with Crippen LogP contribution in [0.3, 0.4) is 0 Å². The van der Waals surface area contributed by atoms with Crippen LogP contribution in [0, 0.1) is 5.92 Å². The van der Waals surface area contributed by atoms with E-state index < -0.39 is 16.0 Å². The number of carbonyl (C=O) groups excluding carboxylic acids is 2. The monoisotopic (exact) mass is 381 g/mol. The number of nitrogens with zero attached hydrogens (tertiary/aromatic N) is 1. The predicted octanol–water partition coefficient (Wildman–Crippen LogP) is 0.514. The van der Waals surface area contributed by atoms with Crippen LogP contribution >= 0.6 is 0 Å². The molecule has 1 aliphatic heterocycles. The third kappa shape index (κ3) is 5.81. The van der Waals surface area contributed by atoms with Gasteiger partial charge in [0, 0.05) is 31.5 Å². The van der Waals surface area contributed by atoms with Crippen LogP contribution < -0.4 is 10.4 Å². The lowest BCUT2D eigenvalue weighted by atomic mass is 9.97. The summed E-state index contributed by atoms with van der Waals surface area (Å²) in [5.74, 6) is -1.28. The van der Waals surface area contributed by atoms with Crippen LogP contribution in [0.5, 0.6) is 0 Å². The molecule has 8 heteroatoms. The van der Waals surface area contributed by atoms with Crippen molar-refractivity contribution in [3.8, 4) is 0 Å². The smallest absolute Gasteiger partial charge is 0.243 e. The zero-order valence-corrected chi connectivity index (χ0v) is 15.5. The third-order valence-electron chi connectivity index (χ3n) is 4.56. The van der Waals surface area contributed by atoms with E-state index in [9.17, 15) is 23.1 Å². The van der Waals surface area contributed by atoms with Crippen LogP contribution in [0.1, 0.15) is 38.5 Å². The van der Waals surface area contributed by atoms with Crippen molar-refractivity contribution >= 4 is 21.9 Å². The number of aliphatic carboxylic acids is 1. The first kappa shape index (κ1) is 20.4. The van der Waals surface area contributed by atoms with Crippen molar-refractivity contribution < 1.29 is 23.1 Å². The molecule has 1 saturated heterocycles. The molecule has 144 valence electrons. The number of benzene rings is 1. The third-order valence-corrected chi connectivity index (χ3v) is 6.48. The Hall–Kier alpha value is -1.93. The Labute approximate surface area is 154 Å².